The van der Waals surface area contributed by atoms with Crippen molar-refractivity contribution in [1.82, 2.24) is 0 Å². The van der Waals surface area contributed by atoms with E-state index in [4.69, 9.17) is 0 Å². The molecule has 40 heavy (non-hydrogen) atoms. The van der Waals surface area contributed by atoms with Crippen molar-refractivity contribution in [2.75, 3.05) is 4.90 Å². The highest BCUT2D eigenvalue weighted by molar-refractivity contribution is 9.10. The van der Waals surface area contributed by atoms with Crippen molar-refractivity contribution in [3.05, 3.63) is 141 Å². The molecule has 2 aliphatic heterocycles. The van der Waals surface area contributed by atoms with Gasteiger partial charge >= 0.3 is 0 Å². The van der Waals surface area contributed by atoms with Gasteiger partial charge in [-0.3, -0.25) is 14.4 Å². The normalized spacial score (nSPS) is 21.9. The van der Waals surface area contributed by atoms with Gasteiger partial charge in [0, 0.05) is 38.3 Å². The Morgan fingerprint density at radius 2 is 1.52 bits per heavy atom. The molecule has 0 radical (unpaired) electrons. The first-order valence-corrected chi connectivity index (χ1v) is 13.9. The van der Waals surface area contributed by atoms with Crippen LogP contribution < -0.4 is 4.90 Å². The second kappa shape index (κ2) is 8.93. The van der Waals surface area contributed by atoms with Gasteiger partial charge in [0.2, 0.25) is 0 Å². The fourth-order valence-electron chi connectivity index (χ4n) is 6.88. The largest absolute Gasteiger partial charge is 0.352 e. The average Bonchev–Trinajstić information content (AvgIpc) is 3.39. The molecule has 2 heterocycles. The maximum absolute atomic E-state index is 14.6. The van der Waals surface area contributed by atoms with E-state index >= 15 is 0 Å². The van der Waals surface area contributed by atoms with Gasteiger partial charge in [0.05, 0.1) is 6.04 Å². The zero-order valence-corrected chi connectivity index (χ0v) is 23.1. The molecule has 1 aliphatic carbocycles. The van der Waals surface area contributed by atoms with Crippen LogP contribution in [-0.2, 0) is 0 Å². The fourth-order valence-corrected chi connectivity index (χ4v) is 7.14. The Hall–Kier alpha value is -4.16. The van der Waals surface area contributed by atoms with Crippen LogP contribution in [0.15, 0.2) is 102 Å². The van der Waals surface area contributed by atoms with Crippen LogP contribution >= 0.6 is 15.9 Å². The lowest BCUT2D eigenvalue weighted by Gasteiger charge is -2.37. The van der Waals surface area contributed by atoms with Crippen molar-refractivity contribution < 1.29 is 18.8 Å². The smallest absolute Gasteiger partial charge is 0.185 e. The minimum Gasteiger partial charge on any atom is -0.352 e. The first kappa shape index (κ1) is 24.9. The molecule has 0 amide bonds. The molecule has 4 aromatic rings. The molecule has 1 saturated heterocycles. The van der Waals surface area contributed by atoms with Crippen LogP contribution in [0.3, 0.4) is 0 Å². The molecule has 0 aromatic heterocycles. The molecular formula is C34H23BrFNO3. The van der Waals surface area contributed by atoms with Gasteiger partial charge in [-0.2, -0.15) is 0 Å². The highest BCUT2D eigenvalue weighted by Gasteiger charge is 2.71. The Morgan fingerprint density at radius 1 is 0.875 bits per heavy atom. The molecule has 0 saturated carbocycles. The number of ketones is 3. The number of aryl methyl sites for hydroxylation is 1. The summed E-state index contributed by atoms with van der Waals surface area (Å²) in [6.07, 6.45) is 3.57. The first-order chi connectivity index (χ1) is 19.3. The molecule has 4 nitrogen and oxygen atoms in total. The third kappa shape index (κ3) is 3.32. The number of rotatable bonds is 3. The lowest BCUT2D eigenvalue weighted by molar-refractivity contribution is 0.0666. The van der Waals surface area contributed by atoms with Crippen LogP contribution in [0.5, 0.6) is 0 Å². The molecule has 1 fully saturated rings. The van der Waals surface area contributed by atoms with E-state index in [1.165, 1.54) is 12.1 Å². The minimum absolute atomic E-state index is 0.197. The minimum atomic E-state index is -1.58. The summed E-state index contributed by atoms with van der Waals surface area (Å²) in [5, 5.41) is 0. The number of nitrogens with zero attached hydrogens (tertiary/aromatic N) is 1. The maximum Gasteiger partial charge on any atom is 0.185 e. The Kier molecular flexibility index (Phi) is 5.55. The van der Waals surface area contributed by atoms with Gasteiger partial charge in [-0.05, 0) is 42.8 Å². The van der Waals surface area contributed by atoms with Crippen LogP contribution in [0.1, 0.15) is 53.7 Å². The number of fused-ring (bicyclic) bond motifs is 5. The maximum atomic E-state index is 14.6. The Morgan fingerprint density at radius 3 is 2.17 bits per heavy atom. The monoisotopic (exact) mass is 591 g/mol. The summed E-state index contributed by atoms with van der Waals surface area (Å²) in [6.45, 7) is 1.95. The van der Waals surface area contributed by atoms with E-state index in [2.05, 4.69) is 15.9 Å². The third-order valence-electron chi connectivity index (χ3n) is 8.60. The number of halogens is 2. The van der Waals surface area contributed by atoms with E-state index in [-0.39, 0.29) is 17.3 Å². The highest BCUT2D eigenvalue weighted by atomic mass is 79.9. The van der Waals surface area contributed by atoms with Gasteiger partial charge in [-0.15, -0.1) is 0 Å². The topological polar surface area (TPSA) is 54.5 Å². The summed E-state index contributed by atoms with van der Waals surface area (Å²) in [6, 6.07) is 24.5. The summed E-state index contributed by atoms with van der Waals surface area (Å²) >= 11 is 3.49. The van der Waals surface area contributed by atoms with Gasteiger partial charge in [0.25, 0.3) is 0 Å². The Bertz CT molecular complexity index is 1720. The summed E-state index contributed by atoms with van der Waals surface area (Å²) in [5.41, 5.74) is 2.60. The van der Waals surface area contributed by atoms with E-state index in [1.54, 1.807) is 54.6 Å². The second-order valence-corrected chi connectivity index (χ2v) is 11.6. The van der Waals surface area contributed by atoms with Crippen molar-refractivity contribution in [3.63, 3.8) is 0 Å². The molecule has 0 N–H and O–H groups in total. The molecule has 7 rings (SSSR count). The van der Waals surface area contributed by atoms with Gasteiger partial charge in [0.15, 0.2) is 17.3 Å². The lowest BCUT2D eigenvalue weighted by Crippen LogP contribution is -2.48. The molecule has 6 heteroatoms. The first-order valence-electron chi connectivity index (χ1n) is 13.1. The number of Topliss-reactive ketones (excluding diaryl/α,β-unsaturated/α-hetero) is 3. The zero-order chi connectivity index (χ0) is 27.8. The average molecular weight is 592 g/mol. The summed E-state index contributed by atoms with van der Waals surface area (Å²) < 4.78 is 15.2. The highest BCUT2D eigenvalue weighted by Crippen LogP contribution is 2.61. The van der Waals surface area contributed by atoms with E-state index in [1.807, 2.05) is 48.2 Å². The second-order valence-electron chi connectivity index (χ2n) is 10.7. The molecule has 3 atom stereocenters. The number of hydrogen-bond acceptors (Lipinski definition) is 4. The number of anilines is 1. The van der Waals surface area contributed by atoms with Crippen LogP contribution in [0, 0.1) is 18.2 Å². The number of carbonyl (C=O) groups excluding carboxylic acids is 3. The summed E-state index contributed by atoms with van der Waals surface area (Å²) in [5.74, 6) is -1.97. The third-order valence-corrected chi connectivity index (χ3v) is 9.13. The number of benzene rings is 4. The van der Waals surface area contributed by atoms with Crippen molar-refractivity contribution in [3.8, 4) is 0 Å². The van der Waals surface area contributed by atoms with Gasteiger partial charge in [-0.25, -0.2) is 4.39 Å². The summed E-state index contributed by atoms with van der Waals surface area (Å²) in [7, 11) is 0. The predicted octanol–water partition coefficient (Wildman–Crippen LogP) is 7.21. The Labute approximate surface area is 239 Å². The number of carbonyl (C=O) groups is 3. The van der Waals surface area contributed by atoms with Crippen LogP contribution in [-0.4, -0.2) is 29.4 Å². The van der Waals surface area contributed by atoms with E-state index in [0.717, 1.165) is 15.6 Å². The van der Waals surface area contributed by atoms with E-state index in [9.17, 15) is 18.8 Å². The Balaban J connectivity index is 1.54. The van der Waals surface area contributed by atoms with E-state index < -0.39 is 29.2 Å². The van der Waals surface area contributed by atoms with Crippen molar-refractivity contribution in [2.24, 2.45) is 5.41 Å². The van der Waals surface area contributed by atoms with Crippen molar-refractivity contribution >= 4 is 45.0 Å². The molecular weight excluding hydrogens is 569 g/mol. The molecule has 0 bridgehead atoms. The fraction of sp³-hybridized carbons (Fsp3) is 0.147. The predicted molar refractivity (Wildman–Crippen MR) is 155 cm³/mol. The van der Waals surface area contributed by atoms with Crippen molar-refractivity contribution in [2.45, 2.75) is 24.9 Å². The van der Waals surface area contributed by atoms with Crippen LogP contribution in [0.25, 0.3) is 6.08 Å². The van der Waals surface area contributed by atoms with Crippen LogP contribution in [0.4, 0.5) is 10.1 Å². The van der Waals surface area contributed by atoms with Crippen molar-refractivity contribution in [1.29, 1.82) is 0 Å². The molecule has 3 aliphatic rings. The van der Waals surface area contributed by atoms with Gasteiger partial charge in [0.1, 0.15) is 17.3 Å². The molecule has 1 spiro atoms. The number of hydrogen-bond donors (Lipinski definition) is 0. The molecule has 0 unspecified atom stereocenters. The SMILES string of the molecule is Cc1ccc(C(=O)[C@H]2[C@H](c3ccc(Br)cc3)C3(C(=O)c4ccccc4C3=O)[C@@H]3C=Cc4cc(F)ccc4N32)cc1. The van der Waals surface area contributed by atoms with Crippen LogP contribution in [0.2, 0.25) is 0 Å². The molecule has 196 valence electrons. The molecule has 4 aromatic carbocycles. The quantitative estimate of drug-likeness (QED) is 0.186. The zero-order valence-electron chi connectivity index (χ0n) is 21.5. The standard InChI is InChI=1S/C34H23BrFNO3/c1-19-6-8-21(9-7-19)31(38)30-29(20-10-13-23(35)14-11-20)34(32(39)25-4-2-3-5-26(25)33(34)40)28-17-12-22-18-24(36)15-16-27(22)37(28)30/h2-18,28-30H,1H3/t28-,29-,30+/m0/s1. The lowest BCUT2D eigenvalue weighted by atomic mass is 9.64. The van der Waals surface area contributed by atoms with Gasteiger partial charge in [-0.1, -0.05) is 94.3 Å². The summed E-state index contributed by atoms with van der Waals surface area (Å²) in [4.78, 5) is 45.7. The van der Waals surface area contributed by atoms with Gasteiger partial charge < -0.3 is 4.90 Å². The van der Waals surface area contributed by atoms with E-state index in [0.29, 0.717) is 27.9 Å².